The zero-order valence-electron chi connectivity index (χ0n) is 12.3. The standard InChI is InChI=1S/C16H21NO3/c1-5-17(13-9-7-6-8-10-13)14(18)11-12-16(2,3)15(19)20-4/h5-10H,1,11-12H2,2-4H3/b17-5+. The summed E-state index contributed by atoms with van der Waals surface area (Å²) >= 11 is 0. The third kappa shape index (κ3) is 3.95. The van der Waals surface area contributed by atoms with Gasteiger partial charge in [-0.25, -0.2) is 4.79 Å². The Labute approximate surface area is 120 Å². The summed E-state index contributed by atoms with van der Waals surface area (Å²) in [6.07, 6.45) is 2.17. The molecular formula is C16H21NO3. The maximum atomic E-state index is 12.2. The summed E-state index contributed by atoms with van der Waals surface area (Å²) in [6, 6.07) is 9.28. The van der Waals surface area contributed by atoms with Crippen LogP contribution in [0.15, 0.2) is 30.3 Å². The van der Waals surface area contributed by atoms with Crippen LogP contribution < -0.4 is 0 Å². The first-order chi connectivity index (χ1) is 9.42. The number of rotatable bonds is 5. The Morgan fingerprint density at radius 1 is 1.30 bits per heavy atom. The molecule has 0 saturated carbocycles. The van der Waals surface area contributed by atoms with E-state index in [2.05, 4.69) is 6.92 Å². The highest BCUT2D eigenvalue weighted by atomic mass is 16.5. The normalized spacial score (nSPS) is 12.1. The van der Waals surface area contributed by atoms with E-state index in [-0.39, 0.29) is 18.3 Å². The summed E-state index contributed by atoms with van der Waals surface area (Å²) < 4.78 is 6.23. The molecule has 0 heterocycles. The molecular weight excluding hydrogens is 254 g/mol. The van der Waals surface area contributed by atoms with Crippen LogP contribution in [0.2, 0.25) is 0 Å². The van der Waals surface area contributed by atoms with Gasteiger partial charge in [0.15, 0.2) is 0 Å². The second-order valence-electron chi connectivity index (χ2n) is 5.16. The zero-order valence-corrected chi connectivity index (χ0v) is 12.3. The van der Waals surface area contributed by atoms with Gasteiger partial charge in [-0.2, -0.15) is 4.58 Å². The zero-order chi connectivity index (χ0) is 15.2. The van der Waals surface area contributed by atoms with E-state index in [9.17, 15) is 9.59 Å². The molecule has 0 unspecified atom stereocenters. The lowest BCUT2D eigenvalue weighted by molar-refractivity contribution is -0.363. The Morgan fingerprint density at radius 3 is 2.40 bits per heavy atom. The number of hydrogen-bond donors (Lipinski definition) is 0. The number of benzene rings is 1. The number of carbonyl (C=O) groups excluding carboxylic acids is 2. The first kappa shape index (κ1) is 16.0. The van der Waals surface area contributed by atoms with Crippen molar-refractivity contribution < 1.29 is 18.9 Å². The average molecular weight is 275 g/mol. The molecule has 1 amide bonds. The van der Waals surface area contributed by atoms with Gasteiger partial charge >= 0.3 is 11.9 Å². The molecule has 0 aromatic heterocycles. The molecule has 0 aliphatic rings. The fraction of sp³-hybridized carbons (Fsp3) is 0.375. The summed E-state index contributed by atoms with van der Waals surface area (Å²) in [5, 5.41) is 0. The number of amides is 1. The van der Waals surface area contributed by atoms with Crippen LogP contribution in [-0.2, 0) is 14.3 Å². The quantitative estimate of drug-likeness (QED) is 0.359. The summed E-state index contributed by atoms with van der Waals surface area (Å²) in [4.78, 5) is 23.8. The molecule has 0 saturated heterocycles. The maximum Gasteiger partial charge on any atom is 0.390 e. The van der Waals surface area contributed by atoms with Crippen molar-refractivity contribution in [3.8, 4) is 0 Å². The molecule has 0 bridgehead atoms. The monoisotopic (exact) mass is 275 g/mol. The molecule has 20 heavy (non-hydrogen) atoms. The third-order valence-corrected chi connectivity index (χ3v) is 3.19. The van der Waals surface area contributed by atoms with E-state index in [1.165, 1.54) is 17.9 Å². The molecule has 0 spiro atoms. The highest BCUT2D eigenvalue weighted by Gasteiger charge is 2.31. The van der Waals surface area contributed by atoms with Crippen molar-refractivity contribution in [1.29, 1.82) is 0 Å². The van der Waals surface area contributed by atoms with Gasteiger partial charge in [0.25, 0.3) is 0 Å². The molecule has 4 nitrogen and oxygen atoms in total. The van der Waals surface area contributed by atoms with Gasteiger partial charge in [-0.3, -0.25) is 4.79 Å². The van der Waals surface area contributed by atoms with Gasteiger partial charge in [-0.1, -0.05) is 18.2 Å². The van der Waals surface area contributed by atoms with E-state index in [1.54, 1.807) is 13.8 Å². The smallest absolute Gasteiger partial charge is 0.390 e. The van der Waals surface area contributed by atoms with Gasteiger partial charge in [0, 0.05) is 18.3 Å². The first-order valence-electron chi connectivity index (χ1n) is 6.50. The Kier molecular flexibility index (Phi) is 5.50. The average Bonchev–Trinajstić information content (AvgIpc) is 2.46. The van der Waals surface area contributed by atoms with Crippen LogP contribution in [0.25, 0.3) is 0 Å². The minimum absolute atomic E-state index is 0.0943. The number of ether oxygens (including phenoxy) is 1. The lowest BCUT2D eigenvalue weighted by Gasteiger charge is -2.19. The minimum Gasteiger partial charge on any atom is -0.469 e. The van der Waals surface area contributed by atoms with E-state index in [0.717, 1.165) is 5.69 Å². The van der Waals surface area contributed by atoms with Gasteiger partial charge in [0.2, 0.25) is 5.69 Å². The lowest BCUT2D eigenvalue weighted by Crippen LogP contribution is -2.28. The molecule has 1 rings (SSSR count). The van der Waals surface area contributed by atoms with Crippen LogP contribution in [0.4, 0.5) is 5.69 Å². The van der Waals surface area contributed by atoms with Gasteiger partial charge in [-0.05, 0) is 20.3 Å². The maximum absolute atomic E-state index is 12.2. The summed E-state index contributed by atoms with van der Waals surface area (Å²) in [6.45, 7) is 7.21. The summed E-state index contributed by atoms with van der Waals surface area (Å²) in [7, 11) is 1.35. The Hall–Kier alpha value is -2.10. The number of methoxy groups -OCH3 is 1. The molecule has 0 radical (unpaired) electrons. The minimum atomic E-state index is -0.673. The van der Waals surface area contributed by atoms with Crippen molar-refractivity contribution >= 4 is 23.8 Å². The van der Waals surface area contributed by atoms with Crippen molar-refractivity contribution in [2.45, 2.75) is 26.7 Å². The van der Waals surface area contributed by atoms with E-state index < -0.39 is 5.41 Å². The highest BCUT2D eigenvalue weighted by Crippen LogP contribution is 2.24. The predicted octanol–water partition coefficient (Wildman–Crippen LogP) is 2.74. The Bertz CT molecular complexity index is 504. The first-order valence-corrected chi connectivity index (χ1v) is 6.50. The molecule has 0 fully saturated rings. The van der Waals surface area contributed by atoms with Crippen LogP contribution >= 0.6 is 0 Å². The van der Waals surface area contributed by atoms with Crippen molar-refractivity contribution in [2.75, 3.05) is 7.11 Å². The topological polar surface area (TPSA) is 46.4 Å². The predicted molar refractivity (Wildman–Crippen MR) is 77.8 cm³/mol. The highest BCUT2D eigenvalue weighted by molar-refractivity contribution is 5.79. The molecule has 1 aromatic carbocycles. The van der Waals surface area contributed by atoms with Crippen molar-refractivity contribution in [3.05, 3.63) is 37.3 Å². The van der Waals surface area contributed by atoms with Crippen LogP contribution in [0, 0.1) is 12.3 Å². The molecule has 108 valence electrons. The largest absolute Gasteiger partial charge is 0.469 e. The van der Waals surface area contributed by atoms with Crippen molar-refractivity contribution in [1.82, 2.24) is 0 Å². The second kappa shape index (κ2) is 6.89. The van der Waals surface area contributed by atoms with E-state index >= 15 is 0 Å². The van der Waals surface area contributed by atoms with E-state index in [4.69, 9.17) is 4.74 Å². The fourth-order valence-corrected chi connectivity index (χ4v) is 1.86. The van der Waals surface area contributed by atoms with Crippen LogP contribution in [0.1, 0.15) is 26.7 Å². The van der Waals surface area contributed by atoms with Gasteiger partial charge in [0.05, 0.1) is 18.9 Å². The molecule has 1 aromatic rings. The fourth-order valence-electron chi connectivity index (χ4n) is 1.86. The van der Waals surface area contributed by atoms with Crippen LogP contribution in [-0.4, -0.2) is 29.8 Å². The lowest BCUT2D eigenvalue weighted by atomic mass is 9.88. The van der Waals surface area contributed by atoms with Crippen molar-refractivity contribution in [3.63, 3.8) is 0 Å². The number of esters is 1. The van der Waals surface area contributed by atoms with E-state index in [1.807, 2.05) is 30.3 Å². The third-order valence-electron chi connectivity index (χ3n) is 3.19. The van der Waals surface area contributed by atoms with Gasteiger partial charge in [-0.15, -0.1) is 0 Å². The van der Waals surface area contributed by atoms with Gasteiger partial charge in [0.1, 0.15) is 0 Å². The van der Waals surface area contributed by atoms with E-state index in [0.29, 0.717) is 6.42 Å². The number of nitrogens with zero attached hydrogens (tertiary/aromatic N) is 1. The molecule has 0 atom stereocenters. The van der Waals surface area contributed by atoms with Crippen LogP contribution in [0.3, 0.4) is 0 Å². The molecule has 4 heteroatoms. The number of carbonyl (C=O) groups is 2. The van der Waals surface area contributed by atoms with Gasteiger partial charge < -0.3 is 11.7 Å². The number of hydrogen-bond acceptors (Lipinski definition) is 3. The summed E-state index contributed by atoms with van der Waals surface area (Å²) in [5.41, 5.74) is 0.0943. The molecule has 0 N–H and O–H groups in total. The Balaban J connectivity index is 2.74. The van der Waals surface area contributed by atoms with Crippen molar-refractivity contribution in [2.24, 2.45) is 5.41 Å². The second-order valence-corrected chi connectivity index (χ2v) is 5.16. The molecule has 0 aliphatic carbocycles. The Morgan fingerprint density at radius 2 is 1.90 bits per heavy atom. The summed E-state index contributed by atoms with van der Waals surface area (Å²) in [5.74, 6) is -0.404. The SMILES string of the molecule is [CH2-]/C=[N+](/C(=O)CCC(C)(C)C(=O)OC)c1ccccc1. The van der Waals surface area contributed by atoms with Crippen LogP contribution in [0.5, 0.6) is 0 Å². The number of para-hydroxylation sites is 1. The molecule has 0 aliphatic heterocycles.